The first-order valence-corrected chi connectivity index (χ1v) is 7.94. The van der Waals surface area contributed by atoms with Crippen LogP contribution in [0.3, 0.4) is 0 Å². The molecule has 2 amide bonds. The van der Waals surface area contributed by atoms with Crippen LogP contribution in [0.25, 0.3) is 0 Å². The Morgan fingerprint density at radius 1 is 1.04 bits per heavy atom. The Morgan fingerprint density at radius 2 is 1.60 bits per heavy atom. The summed E-state index contributed by atoms with van der Waals surface area (Å²) < 4.78 is 5.35. The number of hydrogen-bond acceptors (Lipinski definition) is 4. The van der Waals surface area contributed by atoms with Gasteiger partial charge < -0.3 is 9.84 Å². The number of nitrogens with zero attached hydrogens (tertiary/aromatic N) is 1. The summed E-state index contributed by atoms with van der Waals surface area (Å²) in [5.74, 6) is -1.68. The predicted octanol–water partition coefficient (Wildman–Crippen LogP) is 2.38. The Morgan fingerprint density at radius 3 is 2.08 bits per heavy atom. The predicted molar refractivity (Wildman–Crippen MR) is 89.7 cm³/mol. The maximum Gasteiger partial charge on any atom is 0.327 e. The van der Waals surface area contributed by atoms with Gasteiger partial charge in [0.1, 0.15) is 11.8 Å². The van der Waals surface area contributed by atoms with E-state index in [0.717, 1.165) is 4.90 Å². The van der Waals surface area contributed by atoms with Crippen molar-refractivity contribution >= 4 is 17.8 Å². The number of carbonyl (C=O) groups excluding carboxylic acids is 2. The summed E-state index contributed by atoms with van der Waals surface area (Å²) in [4.78, 5) is 37.6. The number of aliphatic carboxylic acids is 1. The fraction of sp³-hybridized carbons (Fsp3) is 0.211. The number of carbonyl (C=O) groups is 3. The van der Waals surface area contributed by atoms with E-state index in [-0.39, 0.29) is 17.5 Å². The van der Waals surface area contributed by atoms with E-state index in [9.17, 15) is 19.5 Å². The third-order valence-electron chi connectivity index (χ3n) is 4.09. The minimum Gasteiger partial charge on any atom is -0.494 e. The Hall–Kier alpha value is -3.15. The largest absolute Gasteiger partial charge is 0.494 e. The number of ether oxygens (including phenoxy) is 1. The topological polar surface area (TPSA) is 83.9 Å². The lowest BCUT2D eigenvalue weighted by molar-refractivity contribution is -0.141. The molecule has 2 aromatic carbocycles. The van der Waals surface area contributed by atoms with E-state index < -0.39 is 23.8 Å². The van der Waals surface area contributed by atoms with Gasteiger partial charge in [0.2, 0.25) is 0 Å². The first-order chi connectivity index (χ1) is 12.0. The number of amides is 2. The highest BCUT2D eigenvalue weighted by Crippen LogP contribution is 2.26. The van der Waals surface area contributed by atoms with Crippen molar-refractivity contribution in [1.29, 1.82) is 0 Å². The van der Waals surface area contributed by atoms with Gasteiger partial charge in [-0.3, -0.25) is 14.5 Å². The summed E-state index contributed by atoms with van der Waals surface area (Å²) >= 11 is 0. The van der Waals surface area contributed by atoms with Crippen LogP contribution in [0.15, 0.2) is 48.5 Å². The molecule has 0 fully saturated rings. The lowest BCUT2D eigenvalue weighted by Crippen LogP contribution is -2.46. The normalized spacial score (nSPS) is 14.4. The highest BCUT2D eigenvalue weighted by Gasteiger charge is 2.42. The molecule has 1 heterocycles. The van der Waals surface area contributed by atoms with Crippen LogP contribution in [0, 0.1) is 0 Å². The monoisotopic (exact) mass is 339 g/mol. The number of benzene rings is 2. The van der Waals surface area contributed by atoms with E-state index in [0.29, 0.717) is 17.9 Å². The molecule has 1 atom stereocenters. The van der Waals surface area contributed by atoms with E-state index in [1.54, 1.807) is 36.4 Å². The van der Waals surface area contributed by atoms with Crippen molar-refractivity contribution in [3.05, 3.63) is 65.2 Å². The molecule has 128 valence electrons. The second kappa shape index (κ2) is 6.76. The van der Waals surface area contributed by atoms with Crippen molar-refractivity contribution in [2.24, 2.45) is 0 Å². The molecule has 0 radical (unpaired) electrons. The number of fused-ring (bicyclic) bond motifs is 1. The molecule has 0 aliphatic carbocycles. The zero-order valence-corrected chi connectivity index (χ0v) is 13.6. The summed E-state index contributed by atoms with van der Waals surface area (Å²) in [6, 6.07) is 12.0. The minimum absolute atomic E-state index is 0.0349. The van der Waals surface area contributed by atoms with Crippen molar-refractivity contribution in [3.63, 3.8) is 0 Å². The van der Waals surface area contributed by atoms with Crippen LogP contribution in [0.4, 0.5) is 0 Å². The average molecular weight is 339 g/mol. The van der Waals surface area contributed by atoms with E-state index in [1.165, 1.54) is 12.1 Å². The van der Waals surface area contributed by atoms with Crippen LogP contribution >= 0.6 is 0 Å². The van der Waals surface area contributed by atoms with Crippen molar-refractivity contribution in [1.82, 2.24) is 4.90 Å². The Bertz CT molecular complexity index is 793. The van der Waals surface area contributed by atoms with Crippen molar-refractivity contribution in [3.8, 4) is 5.75 Å². The SMILES string of the molecule is CCOc1ccc(C[C@H](C(=O)O)N2C(=O)c3ccccc3C2=O)cc1. The molecule has 0 saturated heterocycles. The lowest BCUT2D eigenvalue weighted by Gasteiger charge is -2.22. The van der Waals surface area contributed by atoms with Gasteiger partial charge in [0.25, 0.3) is 11.8 Å². The molecule has 0 aromatic heterocycles. The molecule has 0 saturated carbocycles. The van der Waals surface area contributed by atoms with Crippen molar-refractivity contribution < 1.29 is 24.2 Å². The number of rotatable bonds is 6. The average Bonchev–Trinajstić information content (AvgIpc) is 2.86. The van der Waals surface area contributed by atoms with Gasteiger partial charge in [-0.05, 0) is 36.8 Å². The molecule has 1 aliphatic heterocycles. The molecule has 0 spiro atoms. The van der Waals surface area contributed by atoms with Gasteiger partial charge >= 0.3 is 5.97 Å². The van der Waals surface area contributed by atoms with Gasteiger partial charge in [-0.15, -0.1) is 0 Å². The summed E-state index contributed by atoms with van der Waals surface area (Å²) in [5.41, 5.74) is 1.18. The third kappa shape index (κ3) is 3.10. The molecule has 6 heteroatoms. The maximum absolute atomic E-state index is 12.5. The maximum atomic E-state index is 12.5. The summed E-state index contributed by atoms with van der Waals surface area (Å²) in [5, 5.41) is 9.58. The molecular formula is C19H17NO5. The Balaban J connectivity index is 1.86. The van der Waals surface area contributed by atoms with Crippen molar-refractivity contribution in [2.45, 2.75) is 19.4 Å². The van der Waals surface area contributed by atoms with Crippen LogP contribution in [-0.4, -0.2) is 40.4 Å². The van der Waals surface area contributed by atoms with Gasteiger partial charge in [0.05, 0.1) is 17.7 Å². The molecular weight excluding hydrogens is 322 g/mol. The van der Waals surface area contributed by atoms with E-state index in [4.69, 9.17) is 4.74 Å². The number of imide groups is 1. The molecule has 1 N–H and O–H groups in total. The molecule has 0 unspecified atom stereocenters. The fourth-order valence-electron chi connectivity index (χ4n) is 2.89. The van der Waals surface area contributed by atoms with Gasteiger partial charge in [-0.25, -0.2) is 4.79 Å². The highest BCUT2D eigenvalue weighted by molar-refractivity contribution is 6.22. The zero-order chi connectivity index (χ0) is 18.0. The molecule has 3 rings (SSSR count). The van der Waals surface area contributed by atoms with Crippen LogP contribution < -0.4 is 4.74 Å². The number of carboxylic acid groups (broad SMARTS) is 1. The minimum atomic E-state index is -1.26. The molecule has 6 nitrogen and oxygen atoms in total. The smallest absolute Gasteiger partial charge is 0.327 e. The molecule has 25 heavy (non-hydrogen) atoms. The van der Waals surface area contributed by atoms with Gasteiger partial charge in [0.15, 0.2) is 0 Å². The number of hydrogen-bond donors (Lipinski definition) is 1. The van der Waals surface area contributed by atoms with Crippen LogP contribution in [-0.2, 0) is 11.2 Å². The standard InChI is InChI=1S/C19H17NO5/c1-2-25-13-9-7-12(8-10-13)11-16(19(23)24)20-17(21)14-5-3-4-6-15(14)18(20)22/h3-10,16H,2,11H2,1H3,(H,23,24)/t16-/m1/s1. The van der Waals surface area contributed by atoms with Crippen LogP contribution in [0.2, 0.25) is 0 Å². The highest BCUT2D eigenvalue weighted by atomic mass is 16.5. The first-order valence-electron chi connectivity index (χ1n) is 7.94. The first kappa shape index (κ1) is 16.7. The molecule has 1 aliphatic rings. The Labute approximate surface area is 144 Å². The number of carboxylic acids is 1. The van der Waals surface area contributed by atoms with Crippen LogP contribution in [0.1, 0.15) is 33.2 Å². The quantitative estimate of drug-likeness (QED) is 0.817. The van der Waals surface area contributed by atoms with Crippen LogP contribution in [0.5, 0.6) is 5.75 Å². The van der Waals surface area contributed by atoms with Gasteiger partial charge in [0, 0.05) is 6.42 Å². The molecule has 2 aromatic rings. The third-order valence-corrected chi connectivity index (χ3v) is 4.09. The second-order valence-electron chi connectivity index (χ2n) is 5.66. The van der Waals surface area contributed by atoms with Crippen molar-refractivity contribution in [2.75, 3.05) is 6.61 Å². The second-order valence-corrected chi connectivity index (χ2v) is 5.66. The summed E-state index contributed by atoms with van der Waals surface area (Å²) in [6.45, 7) is 2.41. The Kier molecular flexibility index (Phi) is 4.52. The van der Waals surface area contributed by atoms with E-state index in [2.05, 4.69) is 0 Å². The lowest BCUT2D eigenvalue weighted by atomic mass is 10.0. The zero-order valence-electron chi connectivity index (χ0n) is 13.6. The fourth-order valence-corrected chi connectivity index (χ4v) is 2.89. The van der Waals surface area contributed by atoms with Gasteiger partial charge in [-0.1, -0.05) is 24.3 Å². The van der Waals surface area contributed by atoms with Gasteiger partial charge in [-0.2, -0.15) is 0 Å². The summed E-state index contributed by atoms with van der Waals surface area (Å²) in [6.07, 6.45) is 0.0349. The summed E-state index contributed by atoms with van der Waals surface area (Å²) in [7, 11) is 0. The van der Waals surface area contributed by atoms with E-state index in [1.807, 2.05) is 6.92 Å². The van der Waals surface area contributed by atoms with E-state index >= 15 is 0 Å². The molecule has 0 bridgehead atoms.